The van der Waals surface area contributed by atoms with Gasteiger partial charge < -0.3 is 10.0 Å². The lowest BCUT2D eigenvalue weighted by molar-refractivity contribution is -0.135. The van der Waals surface area contributed by atoms with Gasteiger partial charge in [0.25, 0.3) is 0 Å². The molecule has 1 aromatic rings. The minimum Gasteiger partial charge on any atom is -0.395 e. The minimum atomic E-state index is -0.0248. The number of rotatable bonds is 5. The summed E-state index contributed by atoms with van der Waals surface area (Å²) < 4.78 is 1.41. The van der Waals surface area contributed by atoms with E-state index in [4.69, 9.17) is 5.11 Å². The first-order valence-corrected chi connectivity index (χ1v) is 6.42. The fraction of sp³-hybridized carbons (Fsp3) is 0.818. The van der Waals surface area contributed by atoms with Crippen LogP contribution in [0.25, 0.3) is 0 Å². The zero-order chi connectivity index (χ0) is 12.8. The molecule has 7 nitrogen and oxygen atoms in total. The number of hydrogen-bond acceptors (Lipinski definition) is 5. The van der Waals surface area contributed by atoms with Gasteiger partial charge in [-0.2, -0.15) is 0 Å². The quantitative estimate of drug-likeness (QED) is 0.787. The summed E-state index contributed by atoms with van der Waals surface area (Å²) in [5.41, 5.74) is 0. The van der Waals surface area contributed by atoms with E-state index in [1.807, 2.05) is 0 Å². The van der Waals surface area contributed by atoms with Crippen LogP contribution in [-0.4, -0.2) is 55.3 Å². The summed E-state index contributed by atoms with van der Waals surface area (Å²) >= 11 is 0. The Kier molecular flexibility index (Phi) is 4.63. The van der Waals surface area contributed by atoms with Crippen molar-refractivity contribution in [2.45, 2.75) is 44.7 Å². The normalized spacial score (nSPS) is 16.7. The summed E-state index contributed by atoms with van der Waals surface area (Å²) in [6.45, 7) is 0.535. The van der Waals surface area contributed by atoms with Gasteiger partial charge in [0.2, 0.25) is 5.91 Å². The number of hydrogen-bond donors (Lipinski definition) is 1. The Morgan fingerprint density at radius 1 is 1.39 bits per heavy atom. The predicted octanol–water partition coefficient (Wildman–Crippen LogP) is -0.173. The molecule has 100 valence electrons. The summed E-state index contributed by atoms with van der Waals surface area (Å²) in [4.78, 5) is 14.0. The maximum absolute atomic E-state index is 12.2. The average molecular weight is 253 g/mol. The number of aliphatic hydroxyl groups excluding tert-OH is 1. The number of carbonyl (C=O) groups is 1. The Morgan fingerprint density at radius 3 is 2.78 bits per heavy atom. The second-order valence-electron chi connectivity index (χ2n) is 4.61. The van der Waals surface area contributed by atoms with Crippen molar-refractivity contribution in [3.05, 3.63) is 6.33 Å². The number of aliphatic hydroxyl groups is 1. The first-order chi connectivity index (χ1) is 8.81. The molecule has 0 radical (unpaired) electrons. The van der Waals surface area contributed by atoms with E-state index in [1.54, 1.807) is 4.90 Å². The first kappa shape index (κ1) is 12.9. The van der Waals surface area contributed by atoms with E-state index < -0.39 is 0 Å². The first-order valence-electron chi connectivity index (χ1n) is 6.42. The van der Waals surface area contributed by atoms with Crippen LogP contribution in [0, 0.1) is 0 Å². The van der Waals surface area contributed by atoms with Crippen LogP contribution >= 0.6 is 0 Å². The maximum atomic E-state index is 12.2. The number of amides is 1. The van der Waals surface area contributed by atoms with Gasteiger partial charge in [-0.25, -0.2) is 4.68 Å². The molecule has 0 unspecified atom stereocenters. The number of aromatic nitrogens is 4. The lowest BCUT2D eigenvalue weighted by atomic mass is 9.94. The van der Waals surface area contributed by atoms with Crippen molar-refractivity contribution < 1.29 is 9.90 Å². The molecule has 18 heavy (non-hydrogen) atoms. The molecule has 1 saturated carbocycles. The number of tetrazole rings is 1. The van der Waals surface area contributed by atoms with Gasteiger partial charge in [-0.1, -0.05) is 19.3 Å². The fourth-order valence-electron chi connectivity index (χ4n) is 2.49. The molecule has 1 aliphatic carbocycles. The van der Waals surface area contributed by atoms with Crippen LogP contribution in [0.5, 0.6) is 0 Å². The molecule has 7 heteroatoms. The summed E-state index contributed by atoms with van der Waals surface area (Å²) in [6, 6.07) is 0.259. The van der Waals surface area contributed by atoms with Crippen LogP contribution < -0.4 is 0 Å². The highest BCUT2D eigenvalue weighted by Crippen LogP contribution is 2.22. The molecule has 0 saturated heterocycles. The van der Waals surface area contributed by atoms with E-state index in [2.05, 4.69) is 15.5 Å². The number of carbonyl (C=O) groups excluding carboxylic acids is 1. The predicted molar refractivity (Wildman–Crippen MR) is 63.5 cm³/mol. The molecule has 0 bridgehead atoms. The third-order valence-electron chi connectivity index (χ3n) is 3.37. The van der Waals surface area contributed by atoms with Crippen molar-refractivity contribution in [3.8, 4) is 0 Å². The highest BCUT2D eigenvalue weighted by atomic mass is 16.3. The Bertz CT molecular complexity index is 362. The molecule has 0 aromatic carbocycles. The highest BCUT2D eigenvalue weighted by Gasteiger charge is 2.25. The zero-order valence-corrected chi connectivity index (χ0v) is 10.4. The van der Waals surface area contributed by atoms with E-state index in [-0.39, 0.29) is 25.1 Å². The molecule has 1 aromatic heterocycles. The van der Waals surface area contributed by atoms with Gasteiger partial charge in [0, 0.05) is 12.6 Å². The van der Waals surface area contributed by atoms with Crippen LogP contribution in [0.15, 0.2) is 6.33 Å². The lowest BCUT2D eigenvalue weighted by Gasteiger charge is -2.34. The van der Waals surface area contributed by atoms with E-state index in [1.165, 1.54) is 17.4 Å². The van der Waals surface area contributed by atoms with E-state index in [0.717, 1.165) is 25.7 Å². The summed E-state index contributed by atoms with van der Waals surface area (Å²) in [5.74, 6) is -0.0248. The largest absolute Gasteiger partial charge is 0.395 e. The minimum absolute atomic E-state index is 0.00214. The molecule has 0 atom stereocenters. The molecular formula is C11H19N5O2. The topological polar surface area (TPSA) is 84.1 Å². The molecular weight excluding hydrogens is 234 g/mol. The van der Waals surface area contributed by atoms with Crippen molar-refractivity contribution in [3.63, 3.8) is 0 Å². The molecule has 1 N–H and O–H groups in total. The summed E-state index contributed by atoms with van der Waals surface area (Å²) in [6.07, 6.45) is 7.04. The van der Waals surface area contributed by atoms with Crippen LogP contribution in [-0.2, 0) is 11.3 Å². The average Bonchev–Trinajstić information content (AvgIpc) is 2.89. The van der Waals surface area contributed by atoms with E-state index in [0.29, 0.717) is 6.54 Å². The van der Waals surface area contributed by atoms with Gasteiger partial charge in [-0.05, 0) is 23.3 Å². The van der Waals surface area contributed by atoms with Gasteiger partial charge in [0.05, 0.1) is 6.61 Å². The van der Waals surface area contributed by atoms with Crippen LogP contribution in [0.3, 0.4) is 0 Å². The molecule has 1 amide bonds. The van der Waals surface area contributed by atoms with Gasteiger partial charge in [0.1, 0.15) is 12.9 Å². The van der Waals surface area contributed by atoms with Crippen LogP contribution in [0.4, 0.5) is 0 Å². The van der Waals surface area contributed by atoms with E-state index >= 15 is 0 Å². The van der Waals surface area contributed by atoms with Gasteiger partial charge in [-0.15, -0.1) is 5.10 Å². The highest BCUT2D eigenvalue weighted by molar-refractivity contribution is 5.76. The summed E-state index contributed by atoms with van der Waals surface area (Å²) in [5, 5.41) is 19.8. The second kappa shape index (κ2) is 6.44. The monoisotopic (exact) mass is 253 g/mol. The summed E-state index contributed by atoms with van der Waals surface area (Å²) in [7, 11) is 0. The van der Waals surface area contributed by atoms with Crippen molar-refractivity contribution in [2.24, 2.45) is 0 Å². The van der Waals surface area contributed by atoms with Crippen molar-refractivity contribution >= 4 is 5.91 Å². The standard InChI is InChI=1S/C11H19N5O2/c17-7-6-16(10-4-2-1-3-5-10)11(18)8-15-9-12-13-14-15/h9-10,17H,1-8H2. The lowest BCUT2D eigenvalue weighted by Crippen LogP contribution is -2.44. The van der Waals surface area contributed by atoms with Crippen molar-refractivity contribution in [2.75, 3.05) is 13.2 Å². The second-order valence-corrected chi connectivity index (χ2v) is 4.61. The Labute approximate surface area is 106 Å². The SMILES string of the molecule is O=C(Cn1cnnn1)N(CCO)C1CCCCC1. The van der Waals surface area contributed by atoms with Crippen molar-refractivity contribution in [1.29, 1.82) is 0 Å². The molecule has 1 aliphatic rings. The van der Waals surface area contributed by atoms with Crippen LogP contribution in [0.1, 0.15) is 32.1 Å². The van der Waals surface area contributed by atoms with Gasteiger partial charge >= 0.3 is 0 Å². The fourth-order valence-corrected chi connectivity index (χ4v) is 2.49. The molecule has 2 rings (SSSR count). The smallest absolute Gasteiger partial charge is 0.244 e. The zero-order valence-electron chi connectivity index (χ0n) is 10.4. The Hall–Kier alpha value is -1.50. The van der Waals surface area contributed by atoms with Crippen LogP contribution in [0.2, 0.25) is 0 Å². The molecule has 1 heterocycles. The van der Waals surface area contributed by atoms with Gasteiger partial charge in [0.15, 0.2) is 0 Å². The molecule has 1 fully saturated rings. The number of nitrogens with zero attached hydrogens (tertiary/aromatic N) is 5. The van der Waals surface area contributed by atoms with Gasteiger partial charge in [-0.3, -0.25) is 4.79 Å². The molecule has 0 aliphatic heterocycles. The van der Waals surface area contributed by atoms with E-state index in [9.17, 15) is 4.79 Å². The maximum Gasteiger partial charge on any atom is 0.244 e. The third-order valence-corrected chi connectivity index (χ3v) is 3.37. The Balaban J connectivity index is 1.97. The molecule has 0 spiro atoms. The Morgan fingerprint density at radius 2 is 2.17 bits per heavy atom. The van der Waals surface area contributed by atoms with Crippen molar-refractivity contribution in [1.82, 2.24) is 25.1 Å². The third kappa shape index (κ3) is 3.25.